The topological polar surface area (TPSA) is 50.9 Å². The van der Waals surface area contributed by atoms with Crippen molar-refractivity contribution in [1.82, 2.24) is 14.5 Å². The molecular formula is C63H62N3OPt-. The van der Waals surface area contributed by atoms with Crippen molar-refractivity contribution >= 4 is 11.0 Å². The van der Waals surface area contributed by atoms with Gasteiger partial charge >= 0.3 is 0 Å². The number of rotatable bonds is 9. The van der Waals surface area contributed by atoms with Crippen LogP contribution in [-0.4, -0.2) is 19.6 Å². The van der Waals surface area contributed by atoms with E-state index in [1.807, 2.05) is 79.0 Å². The fourth-order valence-corrected chi connectivity index (χ4v) is 9.05. The number of fused-ring (bicyclic) bond motifs is 1. The molecule has 0 bridgehead atoms. The number of imidazole rings is 1. The summed E-state index contributed by atoms with van der Waals surface area (Å²) in [5.74, 6) is 0.901. The zero-order valence-corrected chi connectivity index (χ0v) is 43.0. The summed E-state index contributed by atoms with van der Waals surface area (Å²) in [5.41, 5.74) is 15.8. The molecule has 9 rings (SSSR count). The third-order valence-corrected chi connectivity index (χ3v) is 13.1. The molecule has 1 N–H and O–H groups in total. The molecule has 0 amide bonds. The van der Waals surface area contributed by atoms with E-state index in [1.165, 1.54) is 5.56 Å². The molecule has 4 nitrogen and oxygen atoms in total. The first-order valence-corrected chi connectivity index (χ1v) is 23.5. The van der Waals surface area contributed by atoms with E-state index in [0.717, 1.165) is 78.1 Å². The van der Waals surface area contributed by atoms with Crippen molar-refractivity contribution in [2.45, 2.75) is 98.8 Å². The van der Waals surface area contributed by atoms with Crippen molar-refractivity contribution < 1.29 is 30.3 Å². The molecule has 0 radical (unpaired) electrons. The van der Waals surface area contributed by atoms with Crippen LogP contribution in [0.3, 0.4) is 0 Å². The van der Waals surface area contributed by atoms with Crippen molar-refractivity contribution in [1.29, 1.82) is 0 Å². The number of aromatic nitrogens is 3. The van der Waals surface area contributed by atoms with Crippen LogP contribution in [0.25, 0.3) is 83.9 Å². The first-order valence-electron chi connectivity index (χ1n) is 25.0. The molecular weight excluding hydrogens is 1010 g/mol. The molecule has 5 heteroatoms. The van der Waals surface area contributed by atoms with Crippen LogP contribution in [0.5, 0.6) is 5.75 Å². The third kappa shape index (κ3) is 9.41. The second-order valence-corrected chi connectivity index (χ2v) is 20.6. The minimum absolute atomic E-state index is 0. The van der Waals surface area contributed by atoms with Crippen LogP contribution in [0, 0.1) is 12.9 Å². The van der Waals surface area contributed by atoms with E-state index in [-0.39, 0.29) is 55.0 Å². The molecule has 0 saturated heterocycles. The number of aryl methyl sites for hydroxylation is 1. The predicted octanol–water partition coefficient (Wildman–Crippen LogP) is 17.1. The van der Waals surface area contributed by atoms with Crippen LogP contribution in [0.4, 0.5) is 0 Å². The van der Waals surface area contributed by atoms with E-state index >= 15 is 0 Å². The van der Waals surface area contributed by atoms with Gasteiger partial charge in [0, 0.05) is 42.6 Å². The van der Waals surface area contributed by atoms with E-state index in [4.69, 9.17) is 14.1 Å². The Hall–Kier alpha value is -6.35. The van der Waals surface area contributed by atoms with E-state index in [9.17, 15) is 5.11 Å². The minimum Gasteiger partial charge on any atom is -0.507 e. The van der Waals surface area contributed by atoms with Crippen LogP contribution in [0.15, 0.2) is 158 Å². The van der Waals surface area contributed by atoms with Crippen LogP contribution in [0.2, 0.25) is 0 Å². The molecule has 346 valence electrons. The number of benzene rings is 7. The average molecular weight is 1080 g/mol. The fourth-order valence-electron chi connectivity index (χ4n) is 9.05. The standard InChI is InChI=1S/C63H62N3O.Pt/c1-39(2)46-35-52(40(3)4)60(67)55(36-46)61-65-59-51(23-18-24-57(59)66(61)58-38-53(43-19-14-12-15-20-43)41(5)31-54(58)44-21-16-13-17-22-44)47-32-48(34-50(33-47)63(9,10)11)56-37-45(29-30-64-56)42-25-27-49(28-26-42)62(6,7)8;/h12-31,33-40,67H,1-11H3;/q-1;/i5D3;. The molecule has 0 saturated carbocycles. The van der Waals surface area contributed by atoms with Gasteiger partial charge in [0.05, 0.1) is 22.3 Å². The van der Waals surface area contributed by atoms with Crippen LogP contribution < -0.4 is 0 Å². The molecule has 0 fully saturated rings. The number of pyridine rings is 1. The maximum atomic E-state index is 12.5. The Morgan fingerprint density at radius 2 is 1.22 bits per heavy atom. The Balaban J connectivity index is 0.00000676. The van der Waals surface area contributed by atoms with Crippen LogP contribution in [-0.2, 0) is 31.9 Å². The van der Waals surface area contributed by atoms with Gasteiger partial charge in [0.15, 0.2) is 0 Å². The molecule has 0 aliphatic heterocycles. The van der Waals surface area contributed by atoms with E-state index < -0.39 is 6.85 Å². The maximum Gasteiger partial charge on any atom is 0.148 e. The quantitative estimate of drug-likeness (QED) is 0.147. The normalized spacial score (nSPS) is 12.8. The molecule has 7 aromatic carbocycles. The summed E-state index contributed by atoms with van der Waals surface area (Å²) in [7, 11) is 0. The van der Waals surface area contributed by atoms with Gasteiger partial charge in [-0.05, 0) is 110 Å². The average Bonchev–Trinajstić information content (AvgIpc) is 3.72. The Morgan fingerprint density at radius 1 is 0.574 bits per heavy atom. The van der Waals surface area contributed by atoms with Crippen LogP contribution in [0.1, 0.15) is 113 Å². The van der Waals surface area contributed by atoms with Gasteiger partial charge in [-0.2, -0.15) is 0 Å². The third-order valence-electron chi connectivity index (χ3n) is 13.1. The number of nitrogens with zero attached hydrogens (tertiary/aromatic N) is 3. The van der Waals surface area contributed by atoms with E-state index in [0.29, 0.717) is 22.5 Å². The summed E-state index contributed by atoms with van der Waals surface area (Å²) >= 11 is 0. The second-order valence-electron chi connectivity index (χ2n) is 20.6. The summed E-state index contributed by atoms with van der Waals surface area (Å²) in [4.78, 5) is 10.6. The Bertz CT molecular complexity index is 3380. The summed E-state index contributed by atoms with van der Waals surface area (Å²) in [6.45, 7) is 19.5. The SMILES string of the molecule is [2H]C([2H])([2H])c1cc(-c2ccccc2)c(-n2c(-c3cc(C(C)C)cc(C(C)C)c3O)nc3c(-c4[c-]c(-c5cc(-c6ccc(C(C)(C)C)cc6)ccn5)cc(C(C)(C)C)c4)cccc32)cc1-c1ccccc1.[Pt]. The summed E-state index contributed by atoms with van der Waals surface area (Å²) < 4.78 is 28.7. The second kappa shape index (κ2) is 19.0. The number of para-hydroxylation sites is 1. The first kappa shape index (κ1) is 44.2. The number of hydrogen-bond acceptors (Lipinski definition) is 3. The summed E-state index contributed by atoms with van der Waals surface area (Å²) in [6, 6.07) is 55.1. The molecule has 0 aliphatic rings. The largest absolute Gasteiger partial charge is 0.507 e. The van der Waals surface area contributed by atoms with E-state index in [2.05, 4.69) is 159 Å². The Morgan fingerprint density at radius 3 is 1.84 bits per heavy atom. The van der Waals surface area contributed by atoms with Crippen LogP contribution >= 0.6 is 0 Å². The van der Waals surface area contributed by atoms with Gasteiger partial charge in [-0.3, -0.25) is 9.55 Å². The van der Waals surface area contributed by atoms with Crippen molar-refractivity contribution in [2.24, 2.45) is 0 Å². The van der Waals surface area contributed by atoms with Crippen molar-refractivity contribution in [3.63, 3.8) is 0 Å². The van der Waals surface area contributed by atoms with Crippen molar-refractivity contribution in [3.05, 3.63) is 192 Å². The molecule has 9 aromatic rings. The van der Waals surface area contributed by atoms with Gasteiger partial charge in [-0.1, -0.05) is 190 Å². The first-order chi connectivity index (χ1) is 33.2. The van der Waals surface area contributed by atoms with Gasteiger partial charge in [0.2, 0.25) is 0 Å². The van der Waals surface area contributed by atoms with E-state index in [1.54, 1.807) is 0 Å². The maximum absolute atomic E-state index is 12.5. The monoisotopic (exact) mass is 1070 g/mol. The molecule has 0 atom stereocenters. The Kier molecular flexibility index (Phi) is 12.3. The van der Waals surface area contributed by atoms with Crippen molar-refractivity contribution in [3.8, 4) is 78.6 Å². The number of phenols is 1. The minimum atomic E-state index is -2.42. The van der Waals surface area contributed by atoms with Gasteiger partial charge in [-0.25, -0.2) is 4.98 Å². The van der Waals surface area contributed by atoms with Gasteiger partial charge < -0.3 is 5.11 Å². The molecule has 0 aliphatic carbocycles. The smallest absolute Gasteiger partial charge is 0.148 e. The predicted molar refractivity (Wildman–Crippen MR) is 282 cm³/mol. The van der Waals surface area contributed by atoms with Crippen molar-refractivity contribution in [2.75, 3.05) is 0 Å². The number of hydrogen-bond donors (Lipinski definition) is 1. The Labute approximate surface area is 422 Å². The molecule has 0 spiro atoms. The fraction of sp³-hybridized carbons (Fsp3) is 0.238. The van der Waals surface area contributed by atoms with Gasteiger partial charge in [0.25, 0.3) is 0 Å². The molecule has 2 heterocycles. The van der Waals surface area contributed by atoms with Gasteiger partial charge in [0.1, 0.15) is 11.6 Å². The number of aromatic hydroxyl groups is 1. The zero-order chi connectivity index (χ0) is 49.9. The summed E-state index contributed by atoms with van der Waals surface area (Å²) in [6.07, 6.45) is 1.88. The number of phenolic OH excluding ortho intramolecular Hbond substituents is 1. The molecule has 0 unspecified atom stereocenters. The van der Waals surface area contributed by atoms with Gasteiger partial charge in [-0.15, -0.1) is 29.3 Å². The molecule has 68 heavy (non-hydrogen) atoms. The zero-order valence-electron chi connectivity index (χ0n) is 43.8. The molecule has 2 aromatic heterocycles. The summed E-state index contributed by atoms with van der Waals surface area (Å²) in [5, 5.41) is 12.5.